The molecule has 3 aromatic rings. The lowest BCUT2D eigenvalue weighted by molar-refractivity contribution is -0.137. The van der Waals surface area contributed by atoms with Crippen LogP contribution < -0.4 is 10.1 Å². The molecule has 166 valence electrons. The van der Waals surface area contributed by atoms with Gasteiger partial charge in [-0.2, -0.15) is 18.3 Å². The monoisotopic (exact) mass is 481 g/mol. The maximum absolute atomic E-state index is 13.1. The molecular weight excluding hydrogens is 467 g/mol. The molecule has 0 aliphatic heterocycles. The summed E-state index contributed by atoms with van der Waals surface area (Å²) in [5.74, 6) is -0.819. The molecule has 0 saturated heterocycles. The third-order valence-electron chi connectivity index (χ3n) is 4.18. The van der Waals surface area contributed by atoms with E-state index in [0.29, 0.717) is 5.02 Å². The predicted octanol–water partition coefficient (Wildman–Crippen LogP) is 4.92. The molecule has 2 N–H and O–H groups in total. The first-order chi connectivity index (χ1) is 15.1. The van der Waals surface area contributed by atoms with E-state index in [2.05, 4.69) is 15.2 Å². The van der Waals surface area contributed by atoms with Crippen LogP contribution in [0.15, 0.2) is 82.8 Å². The van der Waals surface area contributed by atoms with Crippen molar-refractivity contribution in [3.05, 3.63) is 94.5 Å². The standard InChI is InChI=1S/C21H15ClF3N3O3S/c22-15-9-11-16(12-10-15)32(30,31)28-19-8-4-2-6-17(19)20(29)27-26-13-14-5-1-3-7-18(14)21(23,24)25/h1-13,28H,(H,27,29)/b26-13-. The zero-order chi connectivity index (χ0) is 23.4. The summed E-state index contributed by atoms with van der Waals surface area (Å²) in [5, 5.41) is 3.94. The Kier molecular flexibility index (Phi) is 6.85. The number of hydrogen-bond donors (Lipinski definition) is 2. The van der Waals surface area contributed by atoms with Crippen molar-refractivity contribution in [2.24, 2.45) is 5.10 Å². The summed E-state index contributed by atoms with van der Waals surface area (Å²) in [6, 6.07) is 15.9. The topological polar surface area (TPSA) is 87.6 Å². The molecule has 0 heterocycles. The van der Waals surface area contributed by atoms with Gasteiger partial charge in [-0.15, -0.1) is 0 Å². The highest BCUT2D eigenvalue weighted by Gasteiger charge is 2.32. The number of hydrogen-bond acceptors (Lipinski definition) is 4. The largest absolute Gasteiger partial charge is 0.417 e. The van der Waals surface area contributed by atoms with Crippen LogP contribution in [0.3, 0.4) is 0 Å². The summed E-state index contributed by atoms with van der Waals surface area (Å²) >= 11 is 5.77. The Bertz CT molecular complexity index is 1260. The average molecular weight is 482 g/mol. The Morgan fingerprint density at radius 2 is 1.56 bits per heavy atom. The SMILES string of the molecule is O=C(N/N=C\c1ccccc1C(F)(F)F)c1ccccc1NS(=O)(=O)c1ccc(Cl)cc1. The van der Waals surface area contributed by atoms with Crippen LogP contribution in [0.1, 0.15) is 21.5 Å². The molecule has 0 aromatic heterocycles. The number of halogens is 4. The molecule has 0 aliphatic rings. The van der Waals surface area contributed by atoms with Crippen LogP contribution in [0, 0.1) is 0 Å². The molecule has 1 amide bonds. The number of carbonyl (C=O) groups excluding carboxylic acids is 1. The molecule has 11 heteroatoms. The number of benzene rings is 3. The van der Waals surface area contributed by atoms with Crippen molar-refractivity contribution in [2.45, 2.75) is 11.1 Å². The van der Waals surface area contributed by atoms with Gasteiger partial charge in [-0.05, 0) is 42.5 Å². The number of alkyl halides is 3. The summed E-state index contributed by atoms with van der Waals surface area (Å²) in [4.78, 5) is 12.4. The second-order valence-corrected chi connectivity index (χ2v) is 8.51. The van der Waals surface area contributed by atoms with E-state index in [9.17, 15) is 26.4 Å². The Labute approximate surface area is 186 Å². The van der Waals surface area contributed by atoms with Crippen molar-refractivity contribution in [3.63, 3.8) is 0 Å². The van der Waals surface area contributed by atoms with E-state index in [1.807, 2.05) is 0 Å². The lowest BCUT2D eigenvalue weighted by atomic mass is 10.1. The minimum absolute atomic E-state index is 0.0363. The highest BCUT2D eigenvalue weighted by molar-refractivity contribution is 7.92. The Hall–Kier alpha value is -3.37. The molecule has 0 radical (unpaired) electrons. The Morgan fingerprint density at radius 3 is 2.25 bits per heavy atom. The molecule has 0 fully saturated rings. The summed E-state index contributed by atoms with van der Waals surface area (Å²) in [6.45, 7) is 0. The number of nitrogens with one attached hydrogen (secondary N) is 2. The molecule has 0 atom stereocenters. The van der Waals surface area contributed by atoms with Crippen LogP contribution in [-0.4, -0.2) is 20.5 Å². The number of hydrazone groups is 1. The fraction of sp³-hybridized carbons (Fsp3) is 0.0476. The van der Waals surface area contributed by atoms with Gasteiger partial charge in [0.05, 0.1) is 27.9 Å². The van der Waals surface area contributed by atoms with Crippen molar-refractivity contribution >= 4 is 39.4 Å². The fourth-order valence-electron chi connectivity index (χ4n) is 2.68. The minimum Gasteiger partial charge on any atom is -0.279 e. The highest BCUT2D eigenvalue weighted by atomic mass is 35.5. The molecule has 0 unspecified atom stereocenters. The first-order valence-corrected chi connectivity index (χ1v) is 10.8. The maximum Gasteiger partial charge on any atom is 0.417 e. The zero-order valence-corrected chi connectivity index (χ0v) is 17.7. The van der Waals surface area contributed by atoms with E-state index >= 15 is 0 Å². The second kappa shape index (κ2) is 9.41. The molecule has 3 rings (SSSR count). The van der Waals surface area contributed by atoms with E-state index in [1.165, 1.54) is 66.7 Å². The van der Waals surface area contributed by atoms with E-state index in [1.54, 1.807) is 0 Å². The molecular formula is C21H15ClF3N3O3S. The van der Waals surface area contributed by atoms with E-state index in [0.717, 1.165) is 12.3 Å². The quantitative estimate of drug-likeness (QED) is 0.387. The number of rotatable bonds is 6. The van der Waals surface area contributed by atoms with E-state index in [-0.39, 0.29) is 21.7 Å². The van der Waals surface area contributed by atoms with Gasteiger partial charge in [0.25, 0.3) is 15.9 Å². The fourth-order valence-corrected chi connectivity index (χ4v) is 3.88. The van der Waals surface area contributed by atoms with E-state index < -0.39 is 27.7 Å². The minimum atomic E-state index is -4.58. The van der Waals surface area contributed by atoms with Gasteiger partial charge in [0.15, 0.2) is 0 Å². The molecule has 3 aromatic carbocycles. The zero-order valence-electron chi connectivity index (χ0n) is 16.1. The van der Waals surface area contributed by atoms with Crippen LogP contribution >= 0.6 is 11.6 Å². The summed E-state index contributed by atoms with van der Waals surface area (Å²) in [7, 11) is -4.02. The third-order valence-corrected chi connectivity index (χ3v) is 5.81. The molecule has 0 aliphatic carbocycles. The molecule has 0 bridgehead atoms. The molecule has 0 saturated carbocycles. The lowest BCUT2D eigenvalue weighted by Gasteiger charge is -2.12. The van der Waals surface area contributed by atoms with Crippen molar-refractivity contribution < 1.29 is 26.4 Å². The number of para-hydroxylation sites is 1. The number of sulfonamides is 1. The van der Waals surface area contributed by atoms with Crippen LogP contribution in [0.25, 0.3) is 0 Å². The van der Waals surface area contributed by atoms with Crippen LogP contribution in [0.4, 0.5) is 18.9 Å². The van der Waals surface area contributed by atoms with Crippen molar-refractivity contribution in [1.82, 2.24) is 5.43 Å². The normalized spacial score (nSPS) is 12.0. The summed E-state index contributed by atoms with van der Waals surface area (Å²) in [5.41, 5.74) is 0.850. The first-order valence-electron chi connectivity index (χ1n) is 8.95. The van der Waals surface area contributed by atoms with Gasteiger partial charge in [0.2, 0.25) is 0 Å². The summed E-state index contributed by atoms with van der Waals surface area (Å²) < 4.78 is 66.7. The third kappa shape index (κ3) is 5.65. The number of anilines is 1. The lowest BCUT2D eigenvalue weighted by Crippen LogP contribution is -2.21. The second-order valence-electron chi connectivity index (χ2n) is 6.39. The van der Waals surface area contributed by atoms with Gasteiger partial charge in [0, 0.05) is 10.6 Å². The van der Waals surface area contributed by atoms with Gasteiger partial charge in [-0.25, -0.2) is 13.8 Å². The Morgan fingerprint density at radius 1 is 0.938 bits per heavy atom. The van der Waals surface area contributed by atoms with Crippen LogP contribution in [0.5, 0.6) is 0 Å². The number of nitrogens with zero attached hydrogens (tertiary/aromatic N) is 1. The highest BCUT2D eigenvalue weighted by Crippen LogP contribution is 2.31. The van der Waals surface area contributed by atoms with Crippen molar-refractivity contribution in [3.8, 4) is 0 Å². The first kappa shape index (κ1) is 23.3. The van der Waals surface area contributed by atoms with Crippen LogP contribution in [-0.2, 0) is 16.2 Å². The van der Waals surface area contributed by atoms with Crippen LogP contribution in [0.2, 0.25) is 5.02 Å². The maximum atomic E-state index is 13.1. The molecule has 6 nitrogen and oxygen atoms in total. The number of carbonyl (C=O) groups is 1. The average Bonchev–Trinajstić information content (AvgIpc) is 2.74. The van der Waals surface area contributed by atoms with E-state index in [4.69, 9.17) is 11.6 Å². The Balaban J connectivity index is 1.80. The van der Waals surface area contributed by atoms with Crippen molar-refractivity contribution in [2.75, 3.05) is 4.72 Å². The van der Waals surface area contributed by atoms with Gasteiger partial charge >= 0.3 is 6.18 Å². The predicted molar refractivity (Wildman–Crippen MR) is 115 cm³/mol. The van der Waals surface area contributed by atoms with Gasteiger partial charge in [-0.3, -0.25) is 9.52 Å². The smallest absolute Gasteiger partial charge is 0.279 e. The molecule has 0 spiro atoms. The van der Waals surface area contributed by atoms with Gasteiger partial charge in [0.1, 0.15) is 0 Å². The van der Waals surface area contributed by atoms with Gasteiger partial charge < -0.3 is 0 Å². The summed E-state index contributed by atoms with van der Waals surface area (Å²) in [6.07, 6.45) is -3.72. The van der Waals surface area contributed by atoms with Gasteiger partial charge in [-0.1, -0.05) is 41.9 Å². The van der Waals surface area contributed by atoms with Crippen molar-refractivity contribution in [1.29, 1.82) is 0 Å². The molecule has 32 heavy (non-hydrogen) atoms. The number of amides is 1.